The lowest BCUT2D eigenvalue weighted by molar-refractivity contribution is -0.132. The molecule has 0 radical (unpaired) electrons. The molecule has 1 fully saturated rings. The summed E-state index contributed by atoms with van der Waals surface area (Å²) in [7, 11) is -3.77. The molecule has 0 aliphatic heterocycles. The van der Waals surface area contributed by atoms with Gasteiger partial charge in [-0.15, -0.1) is 0 Å². The molecule has 1 aliphatic carbocycles. The number of nitrogens with one attached hydrogen (secondary N) is 1. The van der Waals surface area contributed by atoms with Crippen LogP contribution in [0.2, 0.25) is 0 Å². The molecule has 9 nitrogen and oxygen atoms in total. The smallest absolute Gasteiger partial charge is 0.293 e. The van der Waals surface area contributed by atoms with Crippen molar-refractivity contribution in [1.82, 2.24) is 15.3 Å². The summed E-state index contributed by atoms with van der Waals surface area (Å²) in [6.07, 6.45) is 3.55. The molecular formula is C22H23N3O6S. The van der Waals surface area contributed by atoms with Gasteiger partial charge < -0.3 is 4.74 Å². The molecule has 0 spiro atoms. The minimum Gasteiger partial charge on any atom is -0.468 e. The number of hydrogen-bond acceptors (Lipinski definition) is 7. The largest absolute Gasteiger partial charge is 0.468 e. The van der Waals surface area contributed by atoms with Gasteiger partial charge >= 0.3 is 0 Å². The number of carbonyl (C=O) groups excluding carboxylic acids is 2. The van der Waals surface area contributed by atoms with Crippen LogP contribution in [0.4, 0.5) is 0 Å². The topological polar surface area (TPSA) is 128 Å². The number of fused-ring (bicyclic) bond motifs is 1. The monoisotopic (exact) mass is 457 g/mol. The summed E-state index contributed by atoms with van der Waals surface area (Å²) in [5.74, 6) is 11.2. The average Bonchev–Trinajstić information content (AvgIpc) is 3.38. The van der Waals surface area contributed by atoms with E-state index in [1.54, 1.807) is 16.9 Å². The number of amides is 1. The van der Waals surface area contributed by atoms with E-state index in [4.69, 9.17) is 9.94 Å². The molecule has 3 atom stereocenters. The number of ether oxygens (including phenoxy) is 1. The van der Waals surface area contributed by atoms with Crippen molar-refractivity contribution in [2.75, 3.05) is 12.9 Å². The third-order valence-corrected chi connectivity index (χ3v) is 7.62. The molecule has 10 heteroatoms. The minimum absolute atomic E-state index is 0.0610. The first-order valence-corrected chi connectivity index (χ1v) is 11.7. The van der Waals surface area contributed by atoms with Crippen molar-refractivity contribution in [2.45, 2.75) is 31.1 Å². The van der Waals surface area contributed by atoms with E-state index in [0.717, 1.165) is 23.6 Å². The third kappa shape index (κ3) is 5.28. The second-order valence-corrected chi connectivity index (χ2v) is 10.4. The van der Waals surface area contributed by atoms with Crippen LogP contribution in [0.1, 0.15) is 25.3 Å². The summed E-state index contributed by atoms with van der Waals surface area (Å²) in [6, 6.07) is 5.46. The van der Waals surface area contributed by atoms with Crippen LogP contribution in [-0.2, 0) is 30.7 Å². The molecule has 0 unspecified atom stereocenters. The van der Waals surface area contributed by atoms with E-state index in [2.05, 4.69) is 28.8 Å². The average molecular weight is 458 g/mol. The SMILES string of the molecule is C[C@@](CCn1cc2cc(C#CC#C[C@H]3C[C@@H]3COC=O)ccc2n1)(C(=O)NO)S(C)(=O)=O. The summed E-state index contributed by atoms with van der Waals surface area (Å²) in [5.41, 5.74) is 2.89. The molecule has 1 aromatic heterocycles. The van der Waals surface area contributed by atoms with Gasteiger partial charge in [-0.3, -0.25) is 19.5 Å². The molecule has 1 aromatic carbocycles. The highest BCUT2D eigenvalue weighted by Crippen LogP contribution is 2.37. The van der Waals surface area contributed by atoms with Crippen LogP contribution in [0.25, 0.3) is 10.9 Å². The van der Waals surface area contributed by atoms with Crippen molar-refractivity contribution < 1.29 is 28.0 Å². The van der Waals surface area contributed by atoms with E-state index >= 15 is 0 Å². The van der Waals surface area contributed by atoms with Crippen molar-refractivity contribution >= 4 is 33.1 Å². The molecule has 1 amide bonds. The molecule has 1 aliphatic rings. The molecule has 1 heterocycles. The minimum atomic E-state index is -3.77. The number of aromatic nitrogens is 2. The van der Waals surface area contributed by atoms with Crippen molar-refractivity contribution in [2.24, 2.45) is 11.8 Å². The fraction of sp³-hybridized carbons (Fsp3) is 0.409. The Labute approximate surface area is 186 Å². The van der Waals surface area contributed by atoms with Crippen LogP contribution in [-0.4, -0.2) is 53.4 Å². The van der Waals surface area contributed by atoms with E-state index in [1.807, 2.05) is 12.1 Å². The summed E-state index contributed by atoms with van der Waals surface area (Å²) in [6.45, 7) is 2.27. The summed E-state index contributed by atoms with van der Waals surface area (Å²) < 4.78 is 28.7. The Morgan fingerprint density at radius 3 is 2.91 bits per heavy atom. The molecule has 0 saturated heterocycles. The second-order valence-electron chi connectivity index (χ2n) is 7.91. The third-order valence-electron chi connectivity index (χ3n) is 5.60. The van der Waals surface area contributed by atoms with Crippen molar-refractivity contribution in [3.63, 3.8) is 0 Å². The number of hydrogen-bond donors (Lipinski definition) is 2. The van der Waals surface area contributed by atoms with E-state index < -0.39 is 20.5 Å². The van der Waals surface area contributed by atoms with Gasteiger partial charge in [-0.1, -0.05) is 11.8 Å². The van der Waals surface area contributed by atoms with E-state index in [9.17, 15) is 18.0 Å². The fourth-order valence-electron chi connectivity index (χ4n) is 3.19. The molecule has 168 valence electrons. The zero-order valence-electron chi connectivity index (χ0n) is 17.7. The maximum Gasteiger partial charge on any atom is 0.293 e. The number of benzene rings is 1. The van der Waals surface area contributed by atoms with Gasteiger partial charge in [-0.05, 0) is 49.8 Å². The molecule has 3 rings (SSSR count). The van der Waals surface area contributed by atoms with Crippen molar-refractivity contribution in [3.8, 4) is 23.7 Å². The van der Waals surface area contributed by atoms with Gasteiger partial charge in [-0.2, -0.15) is 5.10 Å². The van der Waals surface area contributed by atoms with Crippen LogP contribution >= 0.6 is 0 Å². The van der Waals surface area contributed by atoms with Crippen LogP contribution in [0, 0.1) is 35.5 Å². The molecule has 32 heavy (non-hydrogen) atoms. The number of nitrogens with zero attached hydrogens (tertiary/aromatic N) is 2. The van der Waals surface area contributed by atoms with Gasteiger partial charge in [0, 0.05) is 41.8 Å². The maximum atomic E-state index is 12.1. The number of hydroxylamine groups is 1. The normalized spacial score (nSPS) is 19.0. The Hall–Kier alpha value is -3.34. The van der Waals surface area contributed by atoms with Gasteiger partial charge in [-0.25, -0.2) is 13.9 Å². The highest BCUT2D eigenvalue weighted by Gasteiger charge is 2.43. The Kier molecular flexibility index (Phi) is 6.87. The number of aryl methyl sites for hydroxylation is 1. The summed E-state index contributed by atoms with van der Waals surface area (Å²) in [5, 5.41) is 14.1. The summed E-state index contributed by atoms with van der Waals surface area (Å²) in [4.78, 5) is 22.1. The number of sulfone groups is 1. The van der Waals surface area contributed by atoms with Gasteiger partial charge in [0.2, 0.25) is 0 Å². The zero-order valence-corrected chi connectivity index (χ0v) is 18.5. The number of rotatable bonds is 8. The Balaban J connectivity index is 1.67. The predicted octanol–water partition coefficient (Wildman–Crippen LogP) is 0.899. The molecule has 2 N–H and O–H groups in total. The fourth-order valence-corrected chi connectivity index (χ4v) is 4.03. The lowest BCUT2D eigenvalue weighted by Crippen LogP contribution is -2.49. The van der Waals surface area contributed by atoms with Gasteiger partial charge in [0.05, 0.1) is 12.1 Å². The molecule has 1 saturated carbocycles. The first-order chi connectivity index (χ1) is 15.2. The van der Waals surface area contributed by atoms with E-state index in [0.29, 0.717) is 24.5 Å². The molecule has 2 aromatic rings. The number of carbonyl (C=O) groups is 2. The van der Waals surface area contributed by atoms with Gasteiger partial charge in [0.25, 0.3) is 12.4 Å². The molecule has 0 bridgehead atoms. The first-order valence-electron chi connectivity index (χ1n) is 9.86. The van der Waals surface area contributed by atoms with Crippen LogP contribution in [0.3, 0.4) is 0 Å². The lowest BCUT2D eigenvalue weighted by atomic mass is 10.1. The van der Waals surface area contributed by atoms with Crippen LogP contribution in [0.15, 0.2) is 24.4 Å². The van der Waals surface area contributed by atoms with Gasteiger partial charge in [0.1, 0.15) is 0 Å². The van der Waals surface area contributed by atoms with Crippen LogP contribution < -0.4 is 5.48 Å². The van der Waals surface area contributed by atoms with E-state index in [-0.39, 0.29) is 18.9 Å². The van der Waals surface area contributed by atoms with Gasteiger partial charge in [0.15, 0.2) is 14.6 Å². The maximum absolute atomic E-state index is 12.1. The Morgan fingerprint density at radius 1 is 1.44 bits per heavy atom. The Bertz CT molecular complexity index is 1260. The summed E-state index contributed by atoms with van der Waals surface area (Å²) >= 11 is 0. The lowest BCUT2D eigenvalue weighted by Gasteiger charge is -2.24. The van der Waals surface area contributed by atoms with E-state index in [1.165, 1.54) is 12.4 Å². The van der Waals surface area contributed by atoms with Crippen molar-refractivity contribution in [3.05, 3.63) is 30.0 Å². The second kappa shape index (κ2) is 9.43. The quantitative estimate of drug-likeness (QED) is 0.261. The molecular weight excluding hydrogens is 434 g/mol. The highest BCUT2D eigenvalue weighted by molar-refractivity contribution is 7.92. The highest BCUT2D eigenvalue weighted by atomic mass is 32.2. The zero-order chi connectivity index (χ0) is 23.4. The van der Waals surface area contributed by atoms with Crippen LogP contribution in [0.5, 0.6) is 0 Å². The Morgan fingerprint density at radius 2 is 2.22 bits per heavy atom. The standard InChI is InChI=1S/C22H23N3O6S/c1-22(21(27)24-28,32(2,29)30)9-10-25-13-18-11-16(7-8-20(18)23-25)5-3-4-6-17-12-19(17)14-31-15-26/h7-8,11,13,15,17,19,28H,9-10,12,14H2,1-2H3,(H,24,27)/t17-,19+,22+/m0/s1. The van der Waals surface area contributed by atoms with Crippen molar-refractivity contribution in [1.29, 1.82) is 0 Å². The first kappa shape index (κ1) is 23.3. The predicted molar refractivity (Wildman–Crippen MR) is 116 cm³/mol.